The number of hydrogen-bond donors (Lipinski definition) is 0. The number of amides is 2. The fourth-order valence-corrected chi connectivity index (χ4v) is 2.92. The van der Waals surface area contributed by atoms with Crippen LogP contribution in [0.3, 0.4) is 0 Å². The molecule has 1 aromatic carbocycles. The molecule has 3 rings (SSSR count). The van der Waals surface area contributed by atoms with Crippen LogP contribution in [0.1, 0.15) is 24.9 Å². The zero-order valence-corrected chi connectivity index (χ0v) is 14.0. The molecule has 0 aliphatic carbocycles. The Bertz CT molecular complexity index is 809. The maximum Gasteiger partial charge on any atom is 0.246 e. The van der Waals surface area contributed by atoms with Gasteiger partial charge in [0, 0.05) is 37.6 Å². The summed E-state index contributed by atoms with van der Waals surface area (Å²) in [5.74, 6) is -0.191. The highest BCUT2D eigenvalue weighted by molar-refractivity contribution is 5.98. The number of piperazine rings is 1. The number of carbonyl (C=O) groups excluding carboxylic acids is 2. The summed E-state index contributed by atoms with van der Waals surface area (Å²) >= 11 is 0. The largest absolute Gasteiger partial charge is 0.332 e. The first kappa shape index (κ1) is 16.7. The molecule has 1 atom stereocenters. The highest BCUT2D eigenvalue weighted by atomic mass is 16.2. The Morgan fingerprint density at radius 1 is 1.36 bits per heavy atom. The second kappa shape index (κ2) is 7.18. The summed E-state index contributed by atoms with van der Waals surface area (Å²) in [7, 11) is 0. The molecule has 2 aromatic rings. The number of nitriles is 1. The van der Waals surface area contributed by atoms with E-state index in [1.54, 1.807) is 44.9 Å². The third-order valence-corrected chi connectivity index (χ3v) is 4.31. The number of aromatic nitrogens is 2. The molecule has 0 saturated carbocycles. The van der Waals surface area contributed by atoms with Gasteiger partial charge in [0.25, 0.3) is 0 Å². The van der Waals surface area contributed by atoms with E-state index in [0.29, 0.717) is 30.8 Å². The van der Waals surface area contributed by atoms with Crippen molar-refractivity contribution in [2.24, 2.45) is 0 Å². The average Bonchev–Trinajstić information content (AvgIpc) is 3.16. The Kier molecular flexibility index (Phi) is 4.80. The Morgan fingerprint density at radius 3 is 2.88 bits per heavy atom. The Labute approximate surface area is 146 Å². The molecule has 7 nitrogen and oxygen atoms in total. The summed E-state index contributed by atoms with van der Waals surface area (Å²) in [4.78, 5) is 28.1. The molecule has 0 bridgehead atoms. The Morgan fingerprint density at radius 2 is 2.20 bits per heavy atom. The van der Waals surface area contributed by atoms with Crippen LogP contribution in [0.4, 0.5) is 5.69 Å². The minimum atomic E-state index is -0.138. The molecular weight excluding hydrogens is 318 g/mol. The quantitative estimate of drug-likeness (QED) is 0.848. The number of carbonyl (C=O) groups is 2. The maximum atomic E-state index is 12.5. The lowest BCUT2D eigenvalue weighted by atomic mass is 10.1. The molecule has 1 aromatic heterocycles. The van der Waals surface area contributed by atoms with E-state index in [4.69, 9.17) is 5.26 Å². The van der Waals surface area contributed by atoms with Crippen molar-refractivity contribution in [3.63, 3.8) is 0 Å². The van der Waals surface area contributed by atoms with Crippen molar-refractivity contribution in [1.29, 1.82) is 5.26 Å². The van der Waals surface area contributed by atoms with Gasteiger partial charge in [-0.05, 0) is 31.2 Å². The minimum absolute atomic E-state index is 0.0528. The topological polar surface area (TPSA) is 82.2 Å². The van der Waals surface area contributed by atoms with Gasteiger partial charge in [-0.1, -0.05) is 6.07 Å². The van der Waals surface area contributed by atoms with Gasteiger partial charge in [0.15, 0.2) is 0 Å². The molecule has 2 amide bonds. The van der Waals surface area contributed by atoms with E-state index in [1.807, 2.05) is 19.2 Å². The highest BCUT2D eigenvalue weighted by Gasteiger charge is 2.28. The normalized spacial score (nSPS) is 15.8. The zero-order valence-electron chi connectivity index (χ0n) is 14.0. The Hall–Kier alpha value is -3.14. The fourth-order valence-electron chi connectivity index (χ4n) is 2.92. The number of hydrogen-bond acceptors (Lipinski definition) is 4. The standard InChI is InChI=1S/C18H19N5O2/c1-14(23-7-3-6-20-23)10-17(24)21-8-9-22(18(25)13-21)16-5-2-4-15(11-16)12-19/h2-7,11,14H,8-10,13H2,1H3/t14-/m1/s1. The average molecular weight is 337 g/mol. The summed E-state index contributed by atoms with van der Waals surface area (Å²) in [5.41, 5.74) is 1.21. The molecule has 2 heterocycles. The summed E-state index contributed by atoms with van der Waals surface area (Å²) < 4.78 is 1.74. The molecule has 0 N–H and O–H groups in total. The first-order valence-corrected chi connectivity index (χ1v) is 8.16. The molecule has 0 unspecified atom stereocenters. The lowest BCUT2D eigenvalue weighted by Gasteiger charge is -2.34. The van der Waals surface area contributed by atoms with Gasteiger partial charge in [0.1, 0.15) is 6.54 Å². The predicted octanol–water partition coefficient (Wildman–Crippen LogP) is 1.58. The van der Waals surface area contributed by atoms with E-state index in [9.17, 15) is 9.59 Å². The summed E-state index contributed by atoms with van der Waals surface area (Å²) in [6.45, 7) is 2.89. The Balaban J connectivity index is 1.62. The molecule has 1 fully saturated rings. The number of anilines is 1. The maximum absolute atomic E-state index is 12.5. The molecular formula is C18H19N5O2. The van der Waals surface area contributed by atoms with Gasteiger partial charge in [-0.3, -0.25) is 14.3 Å². The minimum Gasteiger partial charge on any atom is -0.332 e. The molecule has 0 spiro atoms. The van der Waals surface area contributed by atoms with E-state index in [0.717, 1.165) is 0 Å². The first-order chi connectivity index (χ1) is 12.1. The van der Waals surface area contributed by atoms with Crippen LogP contribution < -0.4 is 4.90 Å². The third-order valence-electron chi connectivity index (χ3n) is 4.31. The van der Waals surface area contributed by atoms with Gasteiger partial charge in [0.2, 0.25) is 11.8 Å². The van der Waals surface area contributed by atoms with Crippen LogP contribution in [-0.2, 0) is 9.59 Å². The molecule has 128 valence electrons. The van der Waals surface area contributed by atoms with Crippen molar-refractivity contribution in [3.05, 3.63) is 48.3 Å². The van der Waals surface area contributed by atoms with Gasteiger partial charge in [-0.15, -0.1) is 0 Å². The van der Waals surface area contributed by atoms with Crippen molar-refractivity contribution >= 4 is 17.5 Å². The zero-order chi connectivity index (χ0) is 17.8. The van der Waals surface area contributed by atoms with E-state index in [-0.39, 0.29) is 24.4 Å². The van der Waals surface area contributed by atoms with Crippen molar-refractivity contribution in [1.82, 2.24) is 14.7 Å². The second-order valence-electron chi connectivity index (χ2n) is 6.06. The fraction of sp³-hybridized carbons (Fsp3) is 0.333. The van der Waals surface area contributed by atoms with Crippen LogP contribution in [0.25, 0.3) is 0 Å². The van der Waals surface area contributed by atoms with E-state index in [1.165, 1.54) is 0 Å². The van der Waals surface area contributed by atoms with Gasteiger partial charge < -0.3 is 9.80 Å². The van der Waals surface area contributed by atoms with Crippen molar-refractivity contribution in [2.45, 2.75) is 19.4 Å². The molecule has 7 heteroatoms. The van der Waals surface area contributed by atoms with Crippen molar-refractivity contribution in [2.75, 3.05) is 24.5 Å². The van der Waals surface area contributed by atoms with E-state index >= 15 is 0 Å². The highest BCUT2D eigenvalue weighted by Crippen LogP contribution is 2.20. The molecule has 1 saturated heterocycles. The summed E-state index contributed by atoms with van der Waals surface area (Å²) in [6, 6.07) is 10.8. The van der Waals surface area contributed by atoms with Crippen molar-refractivity contribution in [3.8, 4) is 6.07 Å². The summed E-state index contributed by atoms with van der Waals surface area (Å²) in [6.07, 6.45) is 3.81. The van der Waals surface area contributed by atoms with E-state index in [2.05, 4.69) is 11.2 Å². The predicted molar refractivity (Wildman–Crippen MR) is 91.6 cm³/mol. The second-order valence-corrected chi connectivity index (χ2v) is 6.06. The van der Waals surface area contributed by atoms with Gasteiger partial charge >= 0.3 is 0 Å². The van der Waals surface area contributed by atoms with Gasteiger partial charge in [-0.25, -0.2) is 0 Å². The van der Waals surface area contributed by atoms with Crippen LogP contribution in [0.15, 0.2) is 42.7 Å². The SMILES string of the molecule is C[C@H](CC(=O)N1CCN(c2cccc(C#N)c2)C(=O)C1)n1cccn1. The number of rotatable bonds is 4. The lowest BCUT2D eigenvalue weighted by molar-refractivity contribution is -0.137. The molecule has 1 aliphatic heterocycles. The van der Waals surface area contributed by atoms with Crippen LogP contribution in [-0.4, -0.2) is 46.1 Å². The third kappa shape index (κ3) is 3.69. The van der Waals surface area contributed by atoms with Crippen LogP contribution >= 0.6 is 0 Å². The smallest absolute Gasteiger partial charge is 0.246 e. The first-order valence-electron chi connectivity index (χ1n) is 8.16. The van der Waals surface area contributed by atoms with E-state index < -0.39 is 0 Å². The lowest BCUT2D eigenvalue weighted by Crippen LogP contribution is -2.52. The van der Waals surface area contributed by atoms with Gasteiger partial charge in [0.05, 0.1) is 17.7 Å². The molecule has 25 heavy (non-hydrogen) atoms. The monoisotopic (exact) mass is 337 g/mol. The van der Waals surface area contributed by atoms with Crippen LogP contribution in [0, 0.1) is 11.3 Å². The molecule has 1 aliphatic rings. The van der Waals surface area contributed by atoms with Crippen LogP contribution in [0.5, 0.6) is 0 Å². The van der Waals surface area contributed by atoms with Crippen LogP contribution in [0.2, 0.25) is 0 Å². The van der Waals surface area contributed by atoms with Crippen molar-refractivity contribution < 1.29 is 9.59 Å². The number of benzene rings is 1. The number of nitrogens with zero attached hydrogens (tertiary/aromatic N) is 5. The van der Waals surface area contributed by atoms with Gasteiger partial charge in [-0.2, -0.15) is 10.4 Å². The summed E-state index contributed by atoms with van der Waals surface area (Å²) in [5, 5.41) is 13.1. The molecule has 0 radical (unpaired) electrons.